The molecule has 0 saturated carbocycles. The number of rotatable bonds is 17. The van der Waals surface area contributed by atoms with Crippen LogP contribution < -0.4 is 28.5 Å². The van der Waals surface area contributed by atoms with Crippen LogP contribution in [0.25, 0.3) is 6.08 Å². The first kappa shape index (κ1) is 38.9. The highest BCUT2D eigenvalue weighted by molar-refractivity contribution is 7.93. The first-order valence-electron chi connectivity index (χ1n) is 15.1. The highest BCUT2D eigenvalue weighted by Crippen LogP contribution is 2.35. The van der Waals surface area contributed by atoms with Crippen LogP contribution in [0.4, 0.5) is 4.79 Å². The lowest BCUT2D eigenvalue weighted by atomic mass is 10.1. The van der Waals surface area contributed by atoms with E-state index in [-0.39, 0.29) is 49.8 Å². The quantitative estimate of drug-likeness (QED) is 0.207. The first-order valence-corrected chi connectivity index (χ1v) is 16.8. The van der Waals surface area contributed by atoms with Crippen LogP contribution in [-0.4, -0.2) is 107 Å². The summed E-state index contributed by atoms with van der Waals surface area (Å²) in [6.45, 7) is 0.236. The maximum atomic E-state index is 13.1. The van der Waals surface area contributed by atoms with Crippen molar-refractivity contribution in [1.82, 2.24) is 14.5 Å². The average molecular weight is 720 g/mol. The molecule has 0 aliphatic carbocycles. The lowest BCUT2D eigenvalue weighted by Gasteiger charge is -2.22. The number of ether oxygens (including phenoxy) is 5. The van der Waals surface area contributed by atoms with E-state index < -0.39 is 39.4 Å². The molecule has 0 saturated heterocycles. The van der Waals surface area contributed by atoms with Gasteiger partial charge in [0.15, 0.2) is 21.3 Å². The van der Waals surface area contributed by atoms with E-state index in [1.807, 2.05) is 0 Å². The lowest BCUT2D eigenvalue weighted by Crippen LogP contribution is -2.38. The molecule has 0 spiro atoms. The van der Waals surface area contributed by atoms with Crippen molar-refractivity contribution in [1.29, 1.82) is 0 Å². The van der Waals surface area contributed by atoms with Gasteiger partial charge in [0.05, 0.1) is 39.8 Å². The number of likely N-dealkylation sites (N-methyl/N-ethyl adjacent to an activating group) is 2. The fraction of sp³-hybridized carbons (Fsp3) is 0.364. The zero-order valence-electron chi connectivity index (χ0n) is 28.6. The van der Waals surface area contributed by atoms with Crippen molar-refractivity contribution in [2.75, 3.05) is 55.6 Å². The molecule has 0 unspecified atom stereocenters. The molecule has 50 heavy (non-hydrogen) atoms. The Bertz CT molecular complexity index is 1760. The molecule has 0 bridgehead atoms. The standard InChI is InChI=1S/C33H41N3O13S/c1-34(29(37)8-7-9-32(40)49-36-30(38)12-13-31(36)39)15-16-35(2)33(41)48-28-18-22(10-11-25(28)45-4)21-50(42,43)17-14-24-26(46-5)19-23(44-3)20-27(24)47-6/h10-14,17-20,38-39H,7-9,15-16,21H2,1-6H3. The van der Waals surface area contributed by atoms with Crippen LogP contribution in [0.5, 0.6) is 40.5 Å². The summed E-state index contributed by atoms with van der Waals surface area (Å²) < 4.78 is 53.5. The van der Waals surface area contributed by atoms with E-state index in [0.29, 0.717) is 33.1 Å². The van der Waals surface area contributed by atoms with Crippen molar-refractivity contribution < 1.29 is 61.5 Å². The maximum absolute atomic E-state index is 13.1. The molecule has 0 aliphatic rings. The molecule has 0 atom stereocenters. The molecule has 17 heteroatoms. The molecule has 1 aromatic heterocycles. The van der Waals surface area contributed by atoms with Gasteiger partial charge in [-0.05, 0) is 30.2 Å². The van der Waals surface area contributed by atoms with E-state index in [1.165, 1.54) is 76.6 Å². The zero-order chi connectivity index (χ0) is 37.0. The number of aromatic nitrogens is 1. The van der Waals surface area contributed by atoms with Gasteiger partial charge in [0, 0.05) is 69.7 Å². The van der Waals surface area contributed by atoms with Gasteiger partial charge in [-0.1, -0.05) is 6.07 Å². The normalized spacial score (nSPS) is 11.2. The van der Waals surface area contributed by atoms with Gasteiger partial charge in [-0.2, -0.15) is 0 Å². The van der Waals surface area contributed by atoms with Gasteiger partial charge in [0.2, 0.25) is 17.7 Å². The molecule has 0 fully saturated rings. The minimum Gasteiger partial charge on any atom is -0.496 e. The molecule has 3 aromatic rings. The second kappa shape index (κ2) is 17.7. The van der Waals surface area contributed by atoms with Crippen molar-refractivity contribution in [2.45, 2.75) is 25.0 Å². The monoisotopic (exact) mass is 719 g/mol. The number of sulfone groups is 1. The Hall–Kier alpha value is -5.58. The van der Waals surface area contributed by atoms with Gasteiger partial charge in [0.25, 0.3) is 0 Å². The number of methoxy groups -OCH3 is 4. The largest absolute Gasteiger partial charge is 0.496 e. The highest BCUT2D eigenvalue weighted by Gasteiger charge is 2.20. The number of hydrogen-bond donors (Lipinski definition) is 2. The predicted molar refractivity (Wildman–Crippen MR) is 180 cm³/mol. The van der Waals surface area contributed by atoms with Crippen LogP contribution >= 0.6 is 0 Å². The second-order valence-corrected chi connectivity index (χ2v) is 12.7. The van der Waals surface area contributed by atoms with E-state index in [2.05, 4.69) is 0 Å². The molecule has 3 rings (SSSR count). The van der Waals surface area contributed by atoms with Gasteiger partial charge in [-0.3, -0.25) is 4.79 Å². The summed E-state index contributed by atoms with van der Waals surface area (Å²) in [5, 5.41) is 20.1. The Morgan fingerprint density at radius 2 is 1.38 bits per heavy atom. The Morgan fingerprint density at radius 3 is 1.96 bits per heavy atom. The summed E-state index contributed by atoms with van der Waals surface area (Å²) in [5.74, 6) is -1.01. The number of nitrogens with zero attached hydrogens (tertiary/aromatic N) is 3. The van der Waals surface area contributed by atoms with E-state index >= 15 is 0 Å². The Balaban J connectivity index is 1.56. The van der Waals surface area contributed by atoms with Crippen molar-refractivity contribution in [2.24, 2.45) is 0 Å². The third kappa shape index (κ3) is 10.7. The van der Waals surface area contributed by atoms with Gasteiger partial charge < -0.3 is 48.5 Å². The van der Waals surface area contributed by atoms with Crippen LogP contribution in [-0.2, 0) is 25.2 Å². The Morgan fingerprint density at radius 1 is 0.780 bits per heavy atom. The molecular formula is C33H41N3O13S. The minimum absolute atomic E-state index is 0.00242. The topological polar surface area (TPSA) is 193 Å². The molecular weight excluding hydrogens is 678 g/mol. The van der Waals surface area contributed by atoms with Gasteiger partial charge >= 0.3 is 12.1 Å². The van der Waals surface area contributed by atoms with Gasteiger partial charge in [0.1, 0.15) is 17.2 Å². The van der Waals surface area contributed by atoms with E-state index in [1.54, 1.807) is 12.1 Å². The third-order valence-electron chi connectivity index (χ3n) is 7.26. The molecule has 272 valence electrons. The minimum atomic E-state index is -3.83. The maximum Gasteiger partial charge on any atom is 0.415 e. The number of hydrogen-bond acceptors (Lipinski definition) is 13. The van der Waals surface area contributed by atoms with Crippen LogP contribution in [0, 0.1) is 0 Å². The SMILES string of the molecule is COc1cc(OC)c(C=CS(=O)(=O)Cc2ccc(OC)c(OC(=O)N(C)CCN(C)C(=O)CCCC(=O)On3c(O)ccc3O)c2)c(OC)c1. The van der Waals surface area contributed by atoms with E-state index in [4.69, 9.17) is 28.5 Å². The number of carbonyl (C=O) groups excluding carboxylic acids is 3. The Labute approximate surface area is 289 Å². The number of carbonyl (C=O) groups is 3. The number of benzene rings is 2. The van der Waals surface area contributed by atoms with E-state index in [0.717, 1.165) is 17.5 Å². The van der Waals surface area contributed by atoms with Crippen molar-refractivity contribution in [3.63, 3.8) is 0 Å². The zero-order valence-corrected chi connectivity index (χ0v) is 29.4. The highest BCUT2D eigenvalue weighted by atomic mass is 32.2. The molecule has 16 nitrogen and oxygen atoms in total. The van der Waals surface area contributed by atoms with Crippen molar-refractivity contribution >= 4 is 33.9 Å². The molecule has 0 radical (unpaired) electrons. The van der Waals surface area contributed by atoms with E-state index in [9.17, 15) is 33.0 Å². The van der Waals surface area contributed by atoms with Gasteiger partial charge in [-0.15, -0.1) is 4.73 Å². The van der Waals surface area contributed by atoms with Crippen LogP contribution in [0.15, 0.2) is 47.9 Å². The van der Waals surface area contributed by atoms with Crippen LogP contribution in [0.3, 0.4) is 0 Å². The summed E-state index contributed by atoms with van der Waals surface area (Å²) >= 11 is 0. The molecule has 1 heterocycles. The summed E-state index contributed by atoms with van der Waals surface area (Å²) in [4.78, 5) is 44.9. The van der Waals surface area contributed by atoms with Crippen LogP contribution in [0.2, 0.25) is 0 Å². The Kier molecular flexibility index (Phi) is 13.8. The molecule has 2 N–H and O–H groups in total. The molecule has 2 amide bonds. The summed E-state index contributed by atoms with van der Waals surface area (Å²) in [5.41, 5.74) is 0.724. The summed E-state index contributed by atoms with van der Waals surface area (Å²) in [7, 11) is 4.91. The smallest absolute Gasteiger partial charge is 0.415 e. The molecule has 0 aliphatic heterocycles. The fourth-order valence-electron chi connectivity index (χ4n) is 4.45. The van der Waals surface area contributed by atoms with Crippen molar-refractivity contribution in [3.05, 3.63) is 59.0 Å². The van der Waals surface area contributed by atoms with Gasteiger partial charge in [-0.25, -0.2) is 18.0 Å². The first-order chi connectivity index (χ1) is 23.7. The van der Waals surface area contributed by atoms with Crippen LogP contribution in [0.1, 0.15) is 30.4 Å². The fourth-order valence-corrected chi connectivity index (χ4v) is 5.53. The number of amides is 2. The third-order valence-corrected chi connectivity index (χ3v) is 8.55. The average Bonchev–Trinajstić information content (AvgIpc) is 3.40. The predicted octanol–water partition coefficient (Wildman–Crippen LogP) is 3.23. The number of aromatic hydroxyl groups is 2. The summed E-state index contributed by atoms with van der Waals surface area (Å²) in [6, 6.07) is 9.91. The summed E-state index contributed by atoms with van der Waals surface area (Å²) in [6.07, 6.45) is 0.599. The molecule has 2 aromatic carbocycles. The second-order valence-electron chi connectivity index (χ2n) is 10.8. The lowest BCUT2D eigenvalue weighted by molar-refractivity contribution is -0.145. The van der Waals surface area contributed by atoms with Crippen molar-refractivity contribution in [3.8, 4) is 40.5 Å².